The largest absolute Gasteiger partial charge is 0.495 e. The number of hydrogen-bond acceptors (Lipinski definition) is 7. The third-order valence-electron chi connectivity index (χ3n) is 6.38. The van der Waals surface area contributed by atoms with Gasteiger partial charge in [-0.05, 0) is 67.2 Å². The molecule has 4 aromatic rings. The van der Waals surface area contributed by atoms with E-state index in [4.69, 9.17) is 16.3 Å². The van der Waals surface area contributed by atoms with Crippen molar-refractivity contribution in [3.05, 3.63) is 118 Å². The number of ether oxygens (including phenoxy) is 1. The van der Waals surface area contributed by atoms with E-state index in [2.05, 4.69) is 15.5 Å². The van der Waals surface area contributed by atoms with Crippen molar-refractivity contribution in [3.8, 4) is 22.9 Å². The fraction of sp³-hybridized carbons (Fsp3) is 0.138. The number of hydrogen-bond donors (Lipinski definition) is 0. The maximum absolute atomic E-state index is 13.9. The second kappa shape index (κ2) is 13.6. The molecule has 13 heteroatoms. The molecule has 8 nitrogen and oxygen atoms in total. The van der Waals surface area contributed by atoms with E-state index < -0.39 is 23.8 Å². The standard InChI is InChI=1S/C29H24ClF2N2O6PS/c1-38-28-7-2-3-8-29(28)42(36,37)34(19-23-11-14-26(27(30)16-23)20-41(35,39-31)40-32)18-21-9-12-24(13-10-21)25-6-4-5-22(15-25)17-33/h2-16H,18-20H2,1H3. The number of nitriles is 1. The third kappa shape index (κ3) is 7.23. The van der Waals surface area contributed by atoms with Gasteiger partial charge in [-0.2, -0.15) is 9.57 Å². The Morgan fingerprint density at radius 3 is 2.19 bits per heavy atom. The van der Waals surface area contributed by atoms with Crippen LogP contribution in [0.15, 0.2) is 95.9 Å². The number of methoxy groups -OCH3 is 1. The summed E-state index contributed by atoms with van der Waals surface area (Å²) in [5, 5.41) is 9.19. The van der Waals surface area contributed by atoms with E-state index in [9.17, 15) is 27.3 Å². The third-order valence-corrected chi connectivity index (χ3v) is 9.71. The van der Waals surface area contributed by atoms with E-state index >= 15 is 0 Å². The maximum atomic E-state index is 13.9. The Morgan fingerprint density at radius 1 is 0.881 bits per heavy atom. The lowest BCUT2D eigenvalue weighted by molar-refractivity contribution is -0.0881. The summed E-state index contributed by atoms with van der Waals surface area (Å²) in [5.74, 6) is 0.164. The number of sulfonamides is 1. The Labute approximate surface area is 247 Å². The molecule has 4 rings (SSSR count). The summed E-state index contributed by atoms with van der Waals surface area (Å²) in [7, 11) is -7.43. The molecule has 0 N–H and O–H groups in total. The molecular formula is C29H24ClF2N2O6PS. The van der Waals surface area contributed by atoms with Gasteiger partial charge in [0, 0.05) is 18.1 Å². The Hall–Kier alpha value is -3.62. The lowest BCUT2D eigenvalue weighted by atomic mass is 10.0. The quantitative estimate of drug-likeness (QED) is 0.147. The highest BCUT2D eigenvalue weighted by molar-refractivity contribution is 7.89. The normalized spacial score (nSPS) is 11.8. The van der Waals surface area contributed by atoms with Crippen molar-refractivity contribution in [1.29, 1.82) is 5.26 Å². The van der Waals surface area contributed by atoms with Crippen LogP contribution in [0.1, 0.15) is 22.3 Å². The van der Waals surface area contributed by atoms with Gasteiger partial charge >= 0.3 is 7.60 Å². The van der Waals surface area contributed by atoms with E-state index in [0.29, 0.717) is 16.7 Å². The fourth-order valence-electron chi connectivity index (χ4n) is 4.26. The van der Waals surface area contributed by atoms with Crippen LogP contribution >= 0.6 is 19.2 Å². The van der Waals surface area contributed by atoms with Crippen molar-refractivity contribution in [3.63, 3.8) is 0 Å². The minimum absolute atomic E-state index is 0.0135. The van der Waals surface area contributed by atoms with Gasteiger partial charge in [-0.1, -0.05) is 72.3 Å². The summed E-state index contributed by atoms with van der Waals surface area (Å²) < 4.78 is 77.7. The van der Waals surface area contributed by atoms with Gasteiger partial charge in [-0.25, -0.2) is 8.42 Å². The van der Waals surface area contributed by atoms with E-state index in [-0.39, 0.29) is 34.3 Å². The zero-order chi connectivity index (χ0) is 30.3. The van der Waals surface area contributed by atoms with E-state index in [1.807, 2.05) is 18.2 Å². The number of rotatable bonds is 12. The van der Waals surface area contributed by atoms with Crippen LogP contribution in [0, 0.1) is 11.3 Å². The van der Waals surface area contributed by atoms with Crippen LogP contribution in [0.3, 0.4) is 0 Å². The predicted octanol–water partition coefficient (Wildman–Crippen LogP) is 7.77. The average molecular weight is 633 g/mol. The summed E-state index contributed by atoms with van der Waals surface area (Å²) in [6, 6.07) is 27.0. The molecule has 218 valence electrons. The molecule has 0 saturated carbocycles. The van der Waals surface area contributed by atoms with Crippen molar-refractivity contribution < 1.29 is 36.2 Å². The van der Waals surface area contributed by atoms with Crippen LogP contribution in [-0.2, 0) is 43.3 Å². The molecular weight excluding hydrogens is 609 g/mol. The molecule has 0 aliphatic carbocycles. The van der Waals surface area contributed by atoms with Gasteiger partial charge in [0.25, 0.3) is 0 Å². The minimum Gasteiger partial charge on any atom is -0.495 e. The fourth-order valence-corrected chi connectivity index (χ4v) is 7.01. The number of para-hydroxylation sites is 1. The van der Waals surface area contributed by atoms with Crippen LogP contribution in [-0.4, -0.2) is 19.8 Å². The first-order chi connectivity index (χ1) is 20.1. The van der Waals surface area contributed by atoms with Crippen LogP contribution in [0.5, 0.6) is 5.75 Å². The zero-order valence-corrected chi connectivity index (χ0v) is 24.6. The van der Waals surface area contributed by atoms with Gasteiger partial charge in [-0.3, -0.25) is 4.57 Å². The molecule has 0 atom stereocenters. The lowest BCUT2D eigenvalue weighted by Gasteiger charge is -2.24. The average Bonchev–Trinajstić information content (AvgIpc) is 3.02. The minimum atomic E-state index is -4.68. The molecule has 0 saturated heterocycles. The predicted molar refractivity (Wildman–Crippen MR) is 153 cm³/mol. The topological polar surface area (TPSA) is 106 Å². The molecule has 0 aliphatic heterocycles. The number of halogens is 3. The van der Waals surface area contributed by atoms with Crippen molar-refractivity contribution >= 4 is 29.2 Å². The Balaban J connectivity index is 1.67. The number of nitrogens with zero attached hydrogens (tertiary/aromatic N) is 2. The molecule has 0 aliphatic rings. The van der Waals surface area contributed by atoms with Gasteiger partial charge in [0.1, 0.15) is 10.6 Å². The Morgan fingerprint density at radius 2 is 1.55 bits per heavy atom. The first kappa shape index (κ1) is 31.3. The molecule has 0 bridgehead atoms. The van der Waals surface area contributed by atoms with Crippen LogP contribution in [0.2, 0.25) is 5.02 Å². The molecule has 0 radical (unpaired) electrons. The zero-order valence-electron chi connectivity index (χ0n) is 22.1. The molecule has 0 spiro atoms. The number of benzene rings is 4. The molecule has 0 heterocycles. The summed E-state index contributed by atoms with van der Waals surface area (Å²) in [5.41, 5.74) is 3.42. The van der Waals surface area contributed by atoms with Crippen molar-refractivity contribution in [2.24, 2.45) is 0 Å². The van der Waals surface area contributed by atoms with Crippen molar-refractivity contribution in [1.82, 2.24) is 4.31 Å². The van der Waals surface area contributed by atoms with E-state index in [0.717, 1.165) is 11.1 Å². The SMILES string of the molecule is COc1ccccc1S(=O)(=O)N(Cc1ccc(-c2cccc(C#N)c2)cc1)Cc1ccc(CP(=O)(OF)OF)c(Cl)c1. The molecule has 0 amide bonds. The smallest absolute Gasteiger partial charge is 0.399 e. The van der Waals surface area contributed by atoms with Crippen LogP contribution in [0.4, 0.5) is 9.05 Å². The summed E-state index contributed by atoms with van der Waals surface area (Å²) in [4.78, 5) is -0.0405. The monoisotopic (exact) mass is 632 g/mol. The van der Waals surface area contributed by atoms with Crippen LogP contribution < -0.4 is 4.74 Å². The van der Waals surface area contributed by atoms with Gasteiger partial charge in [-0.15, -0.1) is 9.46 Å². The van der Waals surface area contributed by atoms with Crippen molar-refractivity contribution in [2.45, 2.75) is 24.1 Å². The molecule has 42 heavy (non-hydrogen) atoms. The maximum Gasteiger partial charge on any atom is 0.399 e. The lowest BCUT2D eigenvalue weighted by Crippen LogP contribution is -2.30. The van der Waals surface area contributed by atoms with E-state index in [1.54, 1.807) is 48.5 Å². The van der Waals surface area contributed by atoms with Gasteiger partial charge in [0.05, 0.1) is 24.9 Å². The Kier molecular flexibility index (Phi) is 10.1. The van der Waals surface area contributed by atoms with Crippen molar-refractivity contribution in [2.75, 3.05) is 7.11 Å². The highest BCUT2D eigenvalue weighted by atomic mass is 35.5. The first-order valence-corrected chi connectivity index (χ1v) is 15.9. The van der Waals surface area contributed by atoms with Crippen LogP contribution in [0.25, 0.3) is 11.1 Å². The first-order valence-electron chi connectivity index (χ1n) is 12.3. The van der Waals surface area contributed by atoms with E-state index in [1.165, 1.54) is 35.7 Å². The van der Waals surface area contributed by atoms with Gasteiger partial charge < -0.3 is 4.74 Å². The molecule has 0 fully saturated rings. The summed E-state index contributed by atoms with van der Waals surface area (Å²) in [6.07, 6.45) is -0.772. The highest BCUT2D eigenvalue weighted by Gasteiger charge is 2.30. The molecule has 0 aromatic heterocycles. The van der Waals surface area contributed by atoms with Gasteiger partial charge in [0.2, 0.25) is 10.0 Å². The highest BCUT2D eigenvalue weighted by Crippen LogP contribution is 2.53. The summed E-state index contributed by atoms with van der Waals surface area (Å²) in [6.45, 7) is -0.165. The second-order valence-corrected chi connectivity index (χ2v) is 13.3. The Bertz CT molecular complexity index is 1760. The second-order valence-electron chi connectivity index (χ2n) is 9.15. The summed E-state index contributed by atoms with van der Waals surface area (Å²) >= 11 is 6.28. The van der Waals surface area contributed by atoms with Gasteiger partial charge in [0.15, 0.2) is 0 Å². The molecule has 4 aromatic carbocycles. The molecule has 0 unspecified atom stereocenters.